The number of nitrogens with one attached hydrogen (secondary N) is 1. The van der Waals surface area contributed by atoms with Crippen LogP contribution in [0.5, 0.6) is 0 Å². The van der Waals surface area contributed by atoms with Gasteiger partial charge in [0.2, 0.25) is 5.91 Å². The Labute approximate surface area is 136 Å². The van der Waals surface area contributed by atoms with Gasteiger partial charge in [0.15, 0.2) is 0 Å². The molecule has 0 radical (unpaired) electrons. The highest BCUT2D eigenvalue weighted by atomic mass is 16.4. The molecule has 2 rings (SSSR count). The Balaban J connectivity index is 1.92. The van der Waals surface area contributed by atoms with Crippen LogP contribution in [0.3, 0.4) is 0 Å². The van der Waals surface area contributed by atoms with Crippen LogP contribution in [0.15, 0.2) is 18.6 Å². The SMILES string of the molecule is CCCC(C)(NC(=O)C1CCN(c2cnccn2)CC1)C(=O)O. The summed E-state index contributed by atoms with van der Waals surface area (Å²) < 4.78 is 0. The molecule has 0 aromatic carbocycles. The molecule has 2 N–H and O–H groups in total. The van der Waals surface area contributed by atoms with E-state index in [9.17, 15) is 14.7 Å². The van der Waals surface area contributed by atoms with Crippen LogP contribution in [0.25, 0.3) is 0 Å². The number of aromatic nitrogens is 2. The summed E-state index contributed by atoms with van der Waals surface area (Å²) >= 11 is 0. The van der Waals surface area contributed by atoms with Gasteiger partial charge in [-0.15, -0.1) is 0 Å². The molecule has 0 saturated carbocycles. The van der Waals surface area contributed by atoms with Crippen molar-refractivity contribution in [3.63, 3.8) is 0 Å². The predicted molar refractivity (Wildman–Crippen MR) is 86.1 cm³/mol. The van der Waals surface area contributed by atoms with Gasteiger partial charge in [-0.05, 0) is 26.2 Å². The van der Waals surface area contributed by atoms with Gasteiger partial charge in [0, 0.05) is 31.4 Å². The lowest BCUT2D eigenvalue weighted by Gasteiger charge is -2.34. The Bertz CT molecular complexity index is 544. The maximum absolute atomic E-state index is 12.4. The van der Waals surface area contributed by atoms with E-state index in [1.54, 1.807) is 25.5 Å². The highest BCUT2D eigenvalue weighted by Crippen LogP contribution is 2.23. The highest BCUT2D eigenvalue weighted by molar-refractivity contribution is 5.87. The molecule has 1 saturated heterocycles. The first-order chi connectivity index (χ1) is 11.0. The molecule has 2 heterocycles. The minimum absolute atomic E-state index is 0.154. The van der Waals surface area contributed by atoms with Gasteiger partial charge in [0.05, 0.1) is 6.20 Å². The Kier molecular flexibility index (Phi) is 5.52. The predicted octanol–water partition coefficient (Wildman–Crippen LogP) is 1.45. The number of anilines is 1. The third kappa shape index (κ3) is 4.18. The number of rotatable bonds is 6. The van der Waals surface area contributed by atoms with E-state index in [4.69, 9.17) is 0 Å². The molecule has 126 valence electrons. The molecular weight excluding hydrogens is 296 g/mol. The molecular formula is C16H24N4O3. The van der Waals surface area contributed by atoms with Crippen LogP contribution >= 0.6 is 0 Å². The number of carboxylic acid groups (broad SMARTS) is 1. The van der Waals surface area contributed by atoms with E-state index in [0.717, 1.165) is 5.82 Å². The van der Waals surface area contributed by atoms with Crippen molar-refractivity contribution in [3.05, 3.63) is 18.6 Å². The van der Waals surface area contributed by atoms with Crippen molar-refractivity contribution in [1.82, 2.24) is 15.3 Å². The van der Waals surface area contributed by atoms with Gasteiger partial charge in [-0.25, -0.2) is 9.78 Å². The molecule has 1 aromatic rings. The Morgan fingerprint density at radius 3 is 2.61 bits per heavy atom. The van der Waals surface area contributed by atoms with Crippen LogP contribution in [-0.2, 0) is 9.59 Å². The van der Waals surface area contributed by atoms with Crippen molar-refractivity contribution in [1.29, 1.82) is 0 Å². The average Bonchev–Trinajstić information content (AvgIpc) is 2.56. The summed E-state index contributed by atoms with van der Waals surface area (Å²) in [5.41, 5.74) is -1.19. The third-order valence-electron chi connectivity index (χ3n) is 4.36. The van der Waals surface area contributed by atoms with Crippen LogP contribution in [-0.4, -0.2) is 45.6 Å². The molecule has 1 amide bonds. The fourth-order valence-corrected chi connectivity index (χ4v) is 2.92. The highest BCUT2D eigenvalue weighted by Gasteiger charge is 2.36. The van der Waals surface area contributed by atoms with E-state index in [2.05, 4.69) is 20.2 Å². The van der Waals surface area contributed by atoms with E-state index in [1.165, 1.54) is 0 Å². The molecule has 0 aliphatic carbocycles. The van der Waals surface area contributed by atoms with Gasteiger partial charge in [0.1, 0.15) is 11.4 Å². The first kappa shape index (κ1) is 17.2. The fraction of sp³-hybridized carbons (Fsp3) is 0.625. The minimum atomic E-state index is -1.19. The first-order valence-corrected chi connectivity index (χ1v) is 8.02. The number of carboxylic acids is 1. The number of nitrogens with zero attached hydrogens (tertiary/aromatic N) is 3. The lowest BCUT2D eigenvalue weighted by atomic mass is 9.91. The van der Waals surface area contributed by atoms with Crippen molar-refractivity contribution < 1.29 is 14.7 Å². The van der Waals surface area contributed by atoms with Gasteiger partial charge >= 0.3 is 5.97 Å². The van der Waals surface area contributed by atoms with Gasteiger partial charge in [-0.2, -0.15) is 0 Å². The van der Waals surface area contributed by atoms with Crippen LogP contribution in [0.4, 0.5) is 5.82 Å². The van der Waals surface area contributed by atoms with Crippen molar-refractivity contribution >= 4 is 17.7 Å². The first-order valence-electron chi connectivity index (χ1n) is 8.02. The summed E-state index contributed by atoms with van der Waals surface area (Å²) in [5.74, 6) is -0.488. The van der Waals surface area contributed by atoms with Crippen molar-refractivity contribution in [2.45, 2.75) is 45.1 Å². The molecule has 0 bridgehead atoms. The van der Waals surface area contributed by atoms with Crippen molar-refractivity contribution in [2.24, 2.45) is 5.92 Å². The monoisotopic (exact) mass is 320 g/mol. The standard InChI is InChI=1S/C16H24N4O3/c1-3-6-16(2,15(22)23)19-14(21)12-4-9-20(10-5-12)13-11-17-7-8-18-13/h7-8,11-12H,3-6,9-10H2,1-2H3,(H,19,21)(H,22,23). The average molecular weight is 320 g/mol. The zero-order chi connectivity index (χ0) is 16.9. The van der Waals surface area contributed by atoms with Crippen LogP contribution in [0.1, 0.15) is 39.5 Å². The number of hydrogen-bond acceptors (Lipinski definition) is 5. The molecule has 1 atom stereocenters. The smallest absolute Gasteiger partial charge is 0.329 e. The normalized spacial score (nSPS) is 18.3. The summed E-state index contributed by atoms with van der Waals surface area (Å²) in [6.45, 7) is 4.92. The molecule has 7 nitrogen and oxygen atoms in total. The van der Waals surface area contributed by atoms with Crippen molar-refractivity contribution in [2.75, 3.05) is 18.0 Å². The maximum Gasteiger partial charge on any atom is 0.329 e. The van der Waals surface area contributed by atoms with Gasteiger partial charge in [-0.1, -0.05) is 13.3 Å². The van der Waals surface area contributed by atoms with Crippen LogP contribution in [0, 0.1) is 5.92 Å². The summed E-state index contributed by atoms with van der Waals surface area (Å²) in [4.78, 5) is 34.3. The summed E-state index contributed by atoms with van der Waals surface area (Å²) in [5, 5.41) is 12.1. The molecule has 1 aliphatic rings. The topological polar surface area (TPSA) is 95.4 Å². The molecule has 0 spiro atoms. The number of piperidine rings is 1. The van der Waals surface area contributed by atoms with E-state index in [1.807, 2.05) is 6.92 Å². The van der Waals surface area contributed by atoms with Crippen LogP contribution in [0.2, 0.25) is 0 Å². The Hall–Kier alpha value is -2.18. The second kappa shape index (κ2) is 7.39. The van der Waals surface area contributed by atoms with Crippen molar-refractivity contribution in [3.8, 4) is 0 Å². The largest absolute Gasteiger partial charge is 0.480 e. The fourth-order valence-electron chi connectivity index (χ4n) is 2.92. The van der Waals surface area contributed by atoms with E-state index in [-0.39, 0.29) is 11.8 Å². The number of aliphatic carboxylic acids is 1. The number of hydrogen-bond donors (Lipinski definition) is 2. The Morgan fingerprint density at radius 2 is 2.09 bits per heavy atom. The van der Waals surface area contributed by atoms with Gasteiger partial charge in [0.25, 0.3) is 0 Å². The zero-order valence-electron chi connectivity index (χ0n) is 13.7. The summed E-state index contributed by atoms with van der Waals surface area (Å²) in [6.07, 6.45) is 7.49. The lowest BCUT2D eigenvalue weighted by molar-refractivity contribution is -0.148. The number of amides is 1. The second-order valence-corrected chi connectivity index (χ2v) is 6.20. The molecule has 1 aromatic heterocycles. The zero-order valence-corrected chi connectivity index (χ0v) is 13.7. The van der Waals surface area contributed by atoms with E-state index in [0.29, 0.717) is 38.8 Å². The van der Waals surface area contributed by atoms with Gasteiger partial charge < -0.3 is 15.3 Å². The Morgan fingerprint density at radius 1 is 1.39 bits per heavy atom. The van der Waals surface area contributed by atoms with Crippen LogP contribution < -0.4 is 10.2 Å². The molecule has 1 aliphatic heterocycles. The van der Waals surface area contributed by atoms with Gasteiger partial charge in [-0.3, -0.25) is 9.78 Å². The molecule has 1 fully saturated rings. The van der Waals surface area contributed by atoms with E-state index >= 15 is 0 Å². The summed E-state index contributed by atoms with van der Waals surface area (Å²) in [6, 6.07) is 0. The minimum Gasteiger partial charge on any atom is -0.480 e. The summed E-state index contributed by atoms with van der Waals surface area (Å²) in [7, 11) is 0. The maximum atomic E-state index is 12.4. The molecule has 7 heteroatoms. The second-order valence-electron chi connectivity index (χ2n) is 6.20. The quantitative estimate of drug-likeness (QED) is 0.824. The van der Waals surface area contributed by atoms with E-state index < -0.39 is 11.5 Å². The lowest BCUT2D eigenvalue weighted by Crippen LogP contribution is -2.54. The third-order valence-corrected chi connectivity index (χ3v) is 4.36. The molecule has 1 unspecified atom stereocenters. The molecule has 23 heavy (non-hydrogen) atoms. The number of carbonyl (C=O) groups is 2. The number of carbonyl (C=O) groups excluding carboxylic acids is 1.